The fourth-order valence-corrected chi connectivity index (χ4v) is 2.58. The van der Waals surface area contributed by atoms with Crippen LogP contribution in [-0.4, -0.2) is 22.6 Å². The number of pyridine rings is 1. The third-order valence-electron chi connectivity index (χ3n) is 2.94. The average molecular weight is 376 g/mol. The maximum absolute atomic E-state index is 12.3. The van der Waals surface area contributed by atoms with Crippen molar-refractivity contribution in [2.75, 3.05) is 6.61 Å². The Hall–Kier alpha value is -1.69. The van der Waals surface area contributed by atoms with Crippen LogP contribution in [0.25, 0.3) is 0 Å². The molecule has 5 nitrogen and oxygen atoms in total. The average Bonchev–Trinajstić information content (AvgIpc) is 2.53. The number of amides is 1. The number of hydrogen-bond acceptors (Lipinski definition) is 4. The molecule has 8 heteroatoms. The Morgan fingerprint density at radius 1 is 1.35 bits per heavy atom. The van der Waals surface area contributed by atoms with Crippen molar-refractivity contribution in [3.8, 4) is 11.6 Å². The first-order valence-corrected chi connectivity index (χ1v) is 7.80. The summed E-state index contributed by atoms with van der Waals surface area (Å²) in [5.41, 5.74) is 0.512. The minimum atomic E-state index is -0.608. The normalized spacial score (nSPS) is 10.4. The first-order chi connectivity index (χ1) is 11.0. The van der Waals surface area contributed by atoms with Crippen molar-refractivity contribution >= 4 is 40.7 Å². The molecule has 1 aromatic heterocycles. The third kappa shape index (κ3) is 3.99. The molecule has 0 atom stereocenters. The number of carbonyl (C=O) groups excluding carboxylic acids is 1. The van der Waals surface area contributed by atoms with Gasteiger partial charge < -0.3 is 15.2 Å². The standard InChI is InChI=1S/C15H13Cl3N2O3/c1-2-23-15-8(4-3-5-19-15)7-20-14(22)11-12(18)9(16)6-10(17)13(11)21/h3-6,21H,2,7H2,1H3,(H,20,22). The zero-order chi connectivity index (χ0) is 17.0. The Labute approximate surface area is 148 Å². The number of rotatable bonds is 5. The first-order valence-electron chi connectivity index (χ1n) is 6.67. The minimum Gasteiger partial charge on any atom is -0.505 e. The van der Waals surface area contributed by atoms with Gasteiger partial charge in [-0.2, -0.15) is 0 Å². The monoisotopic (exact) mass is 374 g/mol. The summed E-state index contributed by atoms with van der Waals surface area (Å²) in [5.74, 6) is -0.604. The van der Waals surface area contributed by atoms with E-state index < -0.39 is 11.7 Å². The molecule has 0 aliphatic rings. The van der Waals surface area contributed by atoms with Gasteiger partial charge in [0.2, 0.25) is 5.88 Å². The lowest BCUT2D eigenvalue weighted by Crippen LogP contribution is -2.24. The van der Waals surface area contributed by atoms with E-state index in [1.54, 1.807) is 18.3 Å². The van der Waals surface area contributed by atoms with Gasteiger partial charge in [-0.3, -0.25) is 4.79 Å². The molecule has 0 saturated carbocycles. The molecule has 23 heavy (non-hydrogen) atoms. The molecular weight excluding hydrogens is 363 g/mol. The highest BCUT2D eigenvalue weighted by Gasteiger charge is 2.21. The second-order valence-corrected chi connectivity index (χ2v) is 5.65. The lowest BCUT2D eigenvalue weighted by Gasteiger charge is -2.12. The van der Waals surface area contributed by atoms with Crippen LogP contribution in [0, 0.1) is 0 Å². The van der Waals surface area contributed by atoms with Gasteiger partial charge >= 0.3 is 0 Å². The summed E-state index contributed by atoms with van der Waals surface area (Å²) in [7, 11) is 0. The molecule has 0 aliphatic heterocycles. The molecule has 0 saturated heterocycles. The fraction of sp³-hybridized carbons (Fsp3) is 0.200. The lowest BCUT2D eigenvalue weighted by atomic mass is 10.1. The maximum Gasteiger partial charge on any atom is 0.256 e. The smallest absolute Gasteiger partial charge is 0.256 e. The summed E-state index contributed by atoms with van der Waals surface area (Å²) >= 11 is 17.7. The first kappa shape index (κ1) is 17.7. The van der Waals surface area contributed by atoms with Crippen LogP contribution in [0.15, 0.2) is 24.4 Å². The van der Waals surface area contributed by atoms with Crippen LogP contribution in [0.4, 0.5) is 0 Å². The lowest BCUT2D eigenvalue weighted by molar-refractivity contribution is 0.0948. The van der Waals surface area contributed by atoms with Gasteiger partial charge in [0.05, 0.1) is 21.7 Å². The zero-order valence-electron chi connectivity index (χ0n) is 12.1. The minimum absolute atomic E-state index is 0.0547. The summed E-state index contributed by atoms with van der Waals surface area (Å²) in [6.07, 6.45) is 1.59. The fourth-order valence-electron chi connectivity index (χ4n) is 1.88. The van der Waals surface area contributed by atoms with Gasteiger partial charge in [0.15, 0.2) is 0 Å². The number of aromatic hydroxyl groups is 1. The summed E-state index contributed by atoms with van der Waals surface area (Å²) in [5, 5.41) is 12.5. The van der Waals surface area contributed by atoms with Crippen molar-refractivity contribution in [2.45, 2.75) is 13.5 Å². The Bertz CT molecular complexity index is 712. The molecular formula is C15H13Cl3N2O3. The van der Waals surface area contributed by atoms with Crippen LogP contribution in [-0.2, 0) is 6.54 Å². The number of aromatic nitrogens is 1. The van der Waals surface area contributed by atoms with Crippen molar-refractivity contribution in [3.05, 3.63) is 50.6 Å². The Kier molecular flexibility index (Phi) is 5.93. The molecule has 1 amide bonds. The number of benzene rings is 1. The summed E-state index contributed by atoms with van der Waals surface area (Å²) < 4.78 is 5.38. The second-order valence-electron chi connectivity index (χ2n) is 4.46. The predicted octanol–water partition coefficient (Wildman–Crippen LogP) is 4.08. The molecule has 0 fully saturated rings. The highest BCUT2D eigenvalue weighted by Crippen LogP contribution is 2.38. The topological polar surface area (TPSA) is 71.5 Å². The Morgan fingerprint density at radius 3 is 2.78 bits per heavy atom. The molecule has 0 spiro atoms. The second kappa shape index (κ2) is 7.73. The van der Waals surface area contributed by atoms with E-state index in [1.165, 1.54) is 6.07 Å². The molecule has 122 valence electrons. The predicted molar refractivity (Wildman–Crippen MR) is 89.7 cm³/mol. The van der Waals surface area contributed by atoms with Crippen molar-refractivity contribution in [3.63, 3.8) is 0 Å². The molecule has 2 aromatic rings. The van der Waals surface area contributed by atoms with Crippen LogP contribution in [0.3, 0.4) is 0 Å². The van der Waals surface area contributed by atoms with E-state index in [1.807, 2.05) is 6.92 Å². The molecule has 0 radical (unpaired) electrons. The van der Waals surface area contributed by atoms with E-state index in [2.05, 4.69) is 10.3 Å². The Balaban J connectivity index is 2.21. The number of phenols is 1. The SMILES string of the molecule is CCOc1ncccc1CNC(=O)c1c(O)c(Cl)cc(Cl)c1Cl. The molecule has 2 rings (SSSR count). The third-order valence-corrected chi connectivity index (χ3v) is 4.02. The van der Waals surface area contributed by atoms with E-state index in [-0.39, 0.29) is 27.2 Å². The van der Waals surface area contributed by atoms with Crippen molar-refractivity contribution in [1.29, 1.82) is 0 Å². The van der Waals surface area contributed by atoms with Crippen LogP contribution in [0.5, 0.6) is 11.6 Å². The van der Waals surface area contributed by atoms with Crippen LogP contribution in [0.1, 0.15) is 22.8 Å². The number of nitrogens with one attached hydrogen (secondary N) is 1. The number of nitrogens with zero attached hydrogens (tertiary/aromatic N) is 1. The number of ether oxygens (including phenoxy) is 1. The largest absolute Gasteiger partial charge is 0.505 e. The van der Waals surface area contributed by atoms with E-state index in [9.17, 15) is 9.90 Å². The quantitative estimate of drug-likeness (QED) is 0.773. The summed E-state index contributed by atoms with van der Waals surface area (Å²) in [6.45, 7) is 2.43. The summed E-state index contributed by atoms with van der Waals surface area (Å²) in [6, 6.07) is 4.77. The molecule has 0 bridgehead atoms. The maximum atomic E-state index is 12.3. The van der Waals surface area contributed by atoms with E-state index in [4.69, 9.17) is 39.5 Å². The molecule has 1 heterocycles. The van der Waals surface area contributed by atoms with Gasteiger partial charge in [-0.15, -0.1) is 0 Å². The highest BCUT2D eigenvalue weighted by molar-refractivity contribution is 6.45. The number of hydrogen-bond donors (Lipinski definition) is 2. The van der Waals surface area contributed by atoms with Gasteiger partial charge in [0, 0.05) is 18.3 Å². The molecule has 0 unspecified atom stereocenters. The van der Waals surface area contributed by atoms with Gasteiger partial charge in [0.1, 0.15) is 11.3 Å². The van der Waals surface area contributed by atoms with E-state index in [0.29, 0.717) is 18.1 Å². The molecule has 2 N–H and O–H groups in total. The van der Waals surface area contributed by atoms with Gasteiger partial charge in [-0.1, -0.05) is 40.9 Å². The molecule has 1 aromatic carbocycles. The van der Waals surface area contributed by atoms with Crippen LogP contribution in [0.2, 0.25) is 15.1 Å². The van der Waals surface area contributed by atoms with Crippen molar-refractivity contribution in [1.82, 2.24) is 10.3 Å². The van der Waals surface area contributed by atoms with Gasteiger partial charge in [-0.25, -0.2) is 4.98 Å². The summed E-state index contributed by atoms with van der Waals surface area (Å²) in [4.78, 5) is 16.4. The van der Waals surface area contributed by atoms with Crippen molar-refractivity contribution in [2.24, 2.45) is 0 Å². The van der Waals surface area contributed by atoms with Gasteiger partial charge in [-0.05, 0) is 19.1 Å². The van der Waals surface area contributed by atoms with Crippen LogP contribution >= 0.6 is 34.8 Å². The Morgan fingerprint density at radius 2 is 2.09 bits per heavy atom. The van der Waals surface area contributed by atoms with E-state index >= 15 is 0 Å². The van der Waals surface area contributed by atoms with E-state index in [0.717, 1.165) is 0 Å². The highest BCUT2D eigenvalue weighted by atomic mass is 35.5. The number of halogens is 3. The number of phenolic OH excluding ortho intramolecular Hbond substituents is 1. The van der Waals surface area contributed by atoms with Gasteiger partial charge in [0.25, 0.3) is 5.91 Å². The van der Waals surface area contributed by atoms with Crippen LogP contribution < -0.4 is 10.1 Å². The molecule has 0 aliphatic carbocycles. The number of carbonyl (C=O) groups is 1. The van der Waals surface area contributed by atoms with Crippen molar-refractivity contribution < 1.29 is 14.6 Å². The zero-order valence-corrected chi connectivity index (χ0v) is 14.3.